The van der Waals surface area contributed by atoms with Crippen LogP contribution in [0.15, 0.2) is 30.3 Å². The van der Waals surface area contributed by atoms with Gasteiger partial charge in [0, 0.05) is 5.69 Å². The summed E-state index contributed by atoms with van der Waals surface area (Å²) in [6, 6.07) is 8.52. The molecule has 0 aliphatic heterocycles. The van der Waals surface area contributed by atoms with E-state index in [2.05, 4.69) is 5.32 Å². The van der Waals surface area contributed by atoms with E-state index in [1.54, 1.807) is 12.1 Å². The van der Waals surface area contributed by atoms with Crippen LogP contribution in [0, 0.1) is 0 Å². The van der Waals surface area contributed by atoms with Crippen LogP contribution < -0.4 is 11.1 Å². The molecule has 1 aromatic carbocycles. The Hall–Kier alpha value is -1.58. The minimum atomic E-state index is -0.536. The van der Waals surface area contributed by atoms with Gasteiger partial charge in [-0.2, -0.15) is 0 Å². The summed E-state index contributed by atoms with van der Waals surface area (Å²) in [5.74, 6) is 0. The van der Waals surface area contributed by atoms with Gasteiger partial charge in [-0.05, 0) is 12.1 Å². The van der Waals surface area contributed by atoms with E-state index >= 15 is 0 Å². The van der Waals surface area contributed by atoms with Crippen molar-refractivity contribution in [3.8, 4) is 0 Å². The van der Waals surface area contributed by atoms with Gasteiger partial charge in [-0.25, -0.2) is 4.79 Å². The predicted octanol–water partition coefficient (Wildman–Crippen LogP) is 1.33. The third kappa shape index (κ3) is 3.20. The molecule has 0 aliphatic rings. The minimum Gasteiger partial charge on any atom is -0.351 e. The van der Waals surface area contributed by atoms with Crippen LogP contribution in [-0.2, 0) is 0 Å². The zero-order valence-corrected chi connectivity index (χ0v) is 5.78. The molecule has 0 fully saturated rings. The molecule has 11 heavy (non-hydrogen) atoms. The van der Waals surface area contributed by atoms with E-state index in [4.69, 9.17) is 5.73 Å². The summed E-state index contributed by atoms with van der Waals surface area (Å²) in [5.41, 5.74) is 5.59. The van der Waals surface area contributed by atoms with Crippen molar-refractivity contribution in [2.75, 3.05) is 5.32 Å². The summed E-state index contributed by atoms with van der Waals surface area (Å²) < 4.78 is 0. The zero-order valence-electron chi connectivity index (χ0n) is 5.78. The van der Waals surface area contributed by atoms with E-state index < -0.39 is 6.03 Å². The van der Waals surface area contributed by atoms with Crippen LogP contribution in [0.2, 0.25) is 0 Å². The molecule has 1 aromatic rings. The summed E-state index contributed by atoms with van der Waals surface area (Å²) >= 11 is 0. The van der Waals surface area contributed by atoms with Gasteiger partial charge in [0.15, 0.2) is 0 Å². The van der Waals surface area contributed by atoms with Gasteiger partial charge in [0.25, 0.3) is 0 Å². The fourth-order valence-corrected chi connectivity index (χ4v) is 0.664. The topological polar surface area (TPSA) is 55.1 Å². The maximum atomic E-state index is 10.3. The number of para-hydroxylation sites is 1. The molecule has 3 N–H and O–H groups in total. The molecule has 0 unspecified atom stereocenters. The van der Waals surface area contributed by atoms with E-state index in [9.17, 15) is 4.79 Å². The van der Waals surface area contributed by atoms with Crippen LogP contribution in [0.3, 0.4) is 0 Å². The van der Waals surface area contributed by atoms with Crippen molar-refractivity contribution in [2.24, 2.45) is 5.73 Å². The third-order valence-electron chi connectivity index (χ3n) is 1.04. The van der Waals surface area contributed by atoms with Gasteiger partial charge >= 0.3 is 6.03 Å². The van der Waals surface area contributed by atoms with E-state index in [1.165, 1.54) is 0 Å². The maximum Gasteiger partial charge on any atom is 0.316 e. The van der Waals surface area contributed by atoms with Gasteiger partial charge < -0.3 is 11.1 Å². The number of hydrogen-bond donors (Lipinski definition) is 2. The van der Waals surface area contributed by atoms with Gasteiger partial charge in [0.1, 0.15) is 0 Å². The number of nitrogens with one attached hydrogen (secondary N) is 1. The first-order chi connectivity index (χ1) is 4.79. The van der Waals surface area contributed by atoms with Crippen LogP contribution in [0.5, 0.6) is 0 Å². The van der Waals surface area contributed by atoms with E-state index in [0.29, 0.717) is 0 Å². The molecule has 4 heteroatoms. The summed E-state index contributed by atoms with van der Waals surface area (Å²) in [5, 5.41) is 2.44. The molecule has 0 saturated carbocycles. The van der Waals surface area contributed by atoms with Crippen LogP contribution in [-0.4, -0.2) is 6.03 Å². The van der Waals surface area contributed by atoms with Crippen molar-refractivity contribution in [3.05, 3.63) is 30.3 Å². The lowest BCUT2D eigenvalue weighted by atomic mass is 10.3. The maximum absolute atomic E-state index is 10.3. The number of carbonyl (C=O) groups excluding carboxylic acids is 1. The number of hydrogen-bond acceptors (Lipinski definition) is 1. The van der Waals surface area contributed by atoms with Gasteiger partial charge in [0.2, 0.25) is 0 Å². The van der Waals surface area contributed by atoms with Crippen LogP contribution in [0.1, 0.15) is 0 Å². The van der Waals surface area contributed by atoms with Gasteiger partial charge in [-0.3, -0.25) is 4.70 Å². The second-order valence-corrected chi connectivity index (χ2v) is 1.86. The quantitative estimate of drug-likeness (QED) is 0.633. The first-order valence-corrected chi connectivity index (χ1v) is 2.90. The van der Waals surface area contributed by atoms with Crippen LogP contribution in [0.4, 0.5) is 15.2 Å². The highest BCUT2D eigenvalue weighted by Gasteiger charge is 1.90. The van der Waals surface area contributed by atoms with Gasteiger partial charge in [-0.15, -0.1) is 0 Å². The first-order valence-electron chi connectivity index (χ1n) is 2.90. The Morgan fingerprint density at radius 1 is 1.27 bits per heavy atom. The lowest BCUT2D eigenvalue weighted by Gasteiger charge is -1.97. The normalized spacial score (nSPS) is 8.00. The molecule has 0 bridgehead atoms. The SMILES string of the molecule is F.NC(=O)Nc1ccccc1. The summed E-state index contributed by atoms with van der Waals surface area (Å²) in [6.07, 6.45) is 0. The number of urea groups is 1. The molecular weight excluding hydrogens is 147 g/mol. The van der Waals surface area contributed by atoms with Crippen LogP contribution in [0.25, 0.3) is 0 Å². The van der Waals surface area contributed by atoms with E-state index in [1.807, 2.05) is 18.2 Å². The highest BCUT2D eigenvalue weighted by atomic mass is 19.0. The number of amides is 2. The second kappa shape index (κ2) is 4.27. The van der Waals surface area contributed by atoms with E-state index in [-0.39, 0.29) is 4.70 Å². The smallest absolute Gasteiger partial charge is 0.316 e. The lowest BCUT2D eigenvalue weighted by molar-refractivity contribution is 0.259. The molecule has 0 heterocycles. The number of carbonyl (C=O) groups is 1. The van der Waals surface area contributed by atoms with Gasteiger partial charge in [0.05, 0.1) is 0 Å². The van der Waals surface area contributed by atoms with Crippen molar-refractivity contribution in [1.82, 2.24) is 0 Å². The van der Waals surface area contributed by atoms with Crippen molar-refractivity contribution < 1.29 is 9.50 Å². The summed E-state index contributed by atoms with van der Waals surface area (Å²) in [4.78, 5) is 10.3. The minimum absolute atomic E-state index is 0. The average Bonchev–Trinajstić information content (AvgIpc) is 1.88. The van der Waals surface area contributed by atoms with Crippen molar-refractivity contribution >= 4 is 11.7 Å². The highest BCUT2D eigenvalue weighted by Crippen LogP contribution is 2.03. The fourth-order valence-electron chi connectivity index (χ4n) is 0.664. The number of primary amides is 1. The zero-order chi connectivity index (χ0) is 7.40. The number of anilines is 1. The predicted molar refractivity (Wildman–Crippen MR) is 42.2 cm³/mol. The Morgan fingerprint density at radius 3 is 2.27 bits per heavy atom. The molecule has 0 spiro atoms. The third-order valence-corrected chi connectivity index (χ3v) is 1.04. The van der Waals surface area contributed by atoms with Gasteiger partial charge in [-0.1, -0.05) is 18.2 Å². The lowest BCUT2D eigenvalue weighted by Crippen LogP contribution is -2.18. The Balaban J connectivity index is 0.000001000. The Labute approximate surface area is 63.6 Å². The van der Waals surface area contributed by atoms with E-state index in [0.717, 1.165) is 5.69 Å². The molecule has 0 aromatic heterocycles. The number of nitrogens with two attached hydrogens (primary N) is 1. The largest absolute Gasteiger partial charge is 0.351 e. The molecule has 0 saturated heterocycles. The molecule has 1 rings (SSSR count). The fraction of sp³-hybridized carbons (Fsp3) is 0. The molecule has 60 valence electrons. The molecular formula is C7H9FN2O. The molecule has 0 aliphatic carbocycles. The molecule has 2 amide bonds. The highest BCUT2D eigenvalue weighted by molar-refractivity contribution is 5.87. The van der Waals surface area contributed by atoms with Crippen molar-refractivity contribution in [3.63, 3.8) is 0 Å². The van der Waals surface area contributed by atoms with Crippen molar-refractivity contribution in [2.45, 2.75) is 0 Å². The molecule has 0 atom stereocenters. The average molecular weight is 156 g/mol. The number of rotatable bonds is 1. The molecule has 0 radical (unpaired) electrons. The summed E-state index contributed by atoms with van der Waals surface area (Å²) in [7, 11) is 0. The first kappa shape index (κ1) is 9.42. The molecule has 3 nitrogen and oxygen atoms in total. The Bertz CT molecular complexity index is 225. The Morgan fingerprint density at radius 2 is 1.82 bits per heavy atom. The number of benzene rings is 1. The standard InChI is InChI=1S/C7H8N2O.FH/c8-7(10)9-6-4-2-1-3-5-6;/h1-5H,(H3,8,9,10);1H. The summed E-state index contributed by atoms with van der Waals surface area (Å²) in [6.45, 7) is 0. The van der Waals surface area contributed by atoms with Crippen molar-refractivity contribution in [1.29, 1.82) is 0 Å². The number of halogens is 1. The second-order valence-electron chi connectivity index (χ2n) is 1.86. The monoisotopic (exact) mass is 156 g/mol. The Kier molecular flexibility index (Phi) is 3.66. The van der Waals surface area contributed by atoms with Crippen LogP contribution >= 0.6 is 0 Å².